The summed E-state index contributed by atoms with van der Waals surface area (Å²) < 4.78 is 71.9. The molecule has 0 saturated carbocycles. The van der Waals surface area contributed by atoms with Gasteiger partial charge in [0.15, 0.2) is 0 Å². The van der Waals surface area contributed by atoms with E-state index >= 15 is 0 Å². The number of hydrogen-bond donors (Lipinski definition) is 0. The predicted octanol–water partition coefficient (Wildman–Crippen LogP) is 2.85. The van der Waals surface area contributed by atoms with Crippen LogP contribution in [0.1, 0.15) is 0 Å². The van der Waals surface area contributed by atoms with E-state index in [-0.39, 0.29) is 21.1 Å². The normalized spacial score (nSPS) is 27.2. The van der Waals surface area contributed by atoms with E-state index in [0.29, 0.717) is 88.6 Å². The molecule has 0 aromatic heterocycles. The summed E-state index contributed by atoms with van der Waals surface area (Å²) in [7, 11) is -15.5. The molecule has 4 heterocycles. The summed E-state index contributed by atoms with van der Waals surface area (Å²) in [5, 5.41) is 0. The van der Waals surface area contributed by atoms with Gasteiger partial charge in [0.05, 0.1) is 0 Å². The van der Waals surface area contributed by atoms with Gasteiger partial charge in [0.25, 0.3) is 31.3 Å². The first-order valence-corrected chi connectivity index (χ1v) is 18.8. The number of rotatable bonds is 0. The van der Waals surface area contributed by atoms with Crippen LogP contribution in [0, 0.1) is 0 Å². The molecule has 4 saturated heterocycles. The first-order chi connectivity index (χ1) is 12.8. The van der Waals surface area contributed by atoms with Gasteiger partial charge in [-0.25, -0.2) is 31.8 Å². The Kier molecular flexibility index (Phi) is 18.0. The monoisotopic (exact) mass is 733 g/mol. The Morgan fingerprint density at radius 1 is 0.379 bits per heavy atom. The molecule has 29 heteroatoms. The van der Waals surface area contributed by atoms with Crippen LogP contribution in [0.2, 0.25) is 0 Å². The molecule has 0 aromatic rings. The molecule has 0 radical (unpaired) electrons. The van der Waals surface area contributed by atoms with Crippen molar-refractivity contribution in [1.82, 2.24) is 0 Å². The zero-order valence-electron chi connectivity index (χ0n) is 12.0. The fraction of sp³-hybridized carbons (Fsp3) is 0. The number of phosphoric acid groups is 4. The second-order valence-electron chi connectivity index (χ2n) is 2.93. The van der Waals surface area contributed by atoms with E-state index in [2.05, 4.69) is 31.8 Å². The van der Waals surface area contributed by atoms with Crippen molar-refractivity contribution in [2.24, 2.45) is 0 Å². The van der Waals surface area contributed by atoms with E-state index in [1.165, 1.54) is 0 Å². The smallest absolute Gasteiger partial charge is 0.755 e. The minimum atomic E-state index is -3.87. The summed E-state index contributed by atoms with van der Waals surface area (Å²) >= 11 is 5.60. The minimum Gasteiger partial charge on any atom is -0.755 e. The Morgan fingerprint density at radius 2 is 0.483 bits per heavy atom. The first-order valence-electron chi connectivity index (χ1n) is 4.92. The third-order valence-corrected chi connectivity index (χ3v) is 14.1. The first kappa shape index (κ1) is 32.9. The zero-order valence-corrected chi connectivity index (χ0v) is 24.1. The minimum absolute atomic E-state index is 0. The molecule has 4 fully saturated rings. The molecular formula is MoO16P4S8. The van der Waals surface area contributed by atoms with Crippen LogP contribution < -0.4 is 19.6 Å². The van der Waals surface area contributed by atoms with Crippen LogP contribution in [0.5, 0.6) is 0 Å². The molecule has 4 aliphatic rings. The van der Waals surface area contributed by atoms with Crippen LogP contribution >= 0.6 is 120 Å². The van der Waals surface area contributed by atoms with Crippen molar-refractivity contribution in [2.45, 2.75) is 0 Å². The quantitative estimate of drug-likeness (QED) is 0.151. The van der Waals surface area contributed by atoms with Crippen molar-refractivity contribution in [3.8, 4) is 0 Å². The van der Waals surface area contributed by atoms with E-state index in [0.717, 1.165) is 0 Å². The Bertz CT molecular complexity index is 519. The molecule has 0 amide bonds. The summed E-state index contributed by atoms with van der Waals surface area (Å²) in [5.74, 6) is 0. The van der Waals surface area contributed by atoms with Gasteiger partial charge < -0.3 is 19.6 Å². The van der Waals surface area contributed by atoms with Crippen molar-refractivity contribution in [2.75, 3.05) is 0 Å². The topological polar surface area (TPSA) is 234 Å². The molecule has 0 N–H and O–H groups in total. The molecule has 0 aromatic carbocycles. The van der Waals surface area contributed by atoms with Gasteiger partial charge in [-0.1, -0.05) is 0 Å². The average Bonchev–Trinajstić information content (AvgIpc) is 3.33. The van der Waals surface area contributed by atoms with Gasteiger partial charge in [-0.3, -0.25) is 18.3 Å². The van der Waals surface area contributed by atoms with Gasteiger partial charge in [-0.05, 0) is 0 Å². The molecule has 170 valence electrons. The second kappa shape index (κ2) is 15.8. The molecule has 0 aliphatic carbocycles. The Morgan fingerprint density at radius 3 is 0.517 bits per heavy atom. The van der Waals surface area contributed by atoms with Crippen molar-refractivity contribution in [3.63, 3.8) is 0 Å². The predicted molar refractivity (Wildman–Crippen MR) is 99.8 cm³/mol. The third kappa shape index (κ3) is 17.9. The molecule has 0 atom stereocenters. The number of hydrogen-bond acceptors (Lipinski definition) is 24. The van der Waals surface area contributed by atoms with Gasteiger partial charge in [-0.2, -0.15) is 0 Å². The summed E-state index contributed by atoms with van der Waals surface area (Å²) in [6.45, 7) is 0. The van der Waals surface area contributed by atoms with Crippen molar-refractivity contribution in [1.29, 1.82) is 0 Å². The van der Waals surface area contributed by atoms with Crippen LogP contribution in [0.3, 0.4) is 0 Å². The van der Waals surface area contributed by atoms with Crippen LogP contribution in [0.15, 0.2) is 0 Å². The van der Waals surface area contributed by atoms with E-state index < -0.39 is 31.3 Å². The summed E-state index contributed by atoms with van der Waals surface area (Å²) in [5.41, 5.74) is 0. The third-order valence-electron chi connectivity index (χ3n) is 1.08. The fourth-order valence-electron chi connectivity index (χ4n) is 0.447. The van der Waals surface area contributed by atoms with E-state index in [1.807, 2.05) is 0 Å². The van der Waals surface area contributed by atoms with Crippen LogP contribution in [-0.4, -0.2) is 0 Å². The molecule has 0 bridgehead atoms. The molecular weight excluding hydrogens is 732 g/mol. The zero-order chi connectivity index (χ0) is 21.3. The Balaban J connectivity index is 0.000000356. The van der Waals surface area contributed by atoms with Crippen LogP contribution in [-0.2, 0) is 71.1 Å². The van der Waals surface area contributed by atoms with Crippen molar-refractivity contribution >= 4 is 120 Å². The van der Waals surface area contributed by atoms with E-state index in [1.54, 1.807) is 0 Å². The Labute approximate surface area is 208 Å². The van der Waals surface area contributed by atoms with E-state index in [9.17, 15) is 37.8 Å². The molecule has 16 nitrogen and oxygen atoms in total. The maximum Gasteiger partial charge on any atom is 4.00 e. The summed E-state index contributed by atoms with van der Waals surface area (Å²) in [6, 6.07) is 0. The van der Waals surface area contributed by atoms with E-state index in [4.69, 9.17) is 0 Å². The van der Waals surface area contributed by atoms with Gasteiger partial charge >= 0.3 is 21.1 Å². The Hall–Kier alpha value is 3.93. The van der Waals surface area contributed by atoms with Crippen molar-refractivity contribution in [3.05, 3.63) is 0 Å². The van der Waals surface area contributed by atoms with Gasteiger partial charge in [0.1, 0.15) is 88.6 Å². The maximum absolute atomic E-state index is 9.97. The van der Waals surface area contributed by atoms with Crippen molar-refractivity contribution < 1.29 is 90.7 Å². The SMILES string of the molecule is O=P1([O-])OSSO1.O=P1([O-])OSSO1.O=P1([O-])OSSO1.O=P1([O-])OSSO1.[Mo+4]. The fourth-order valence-corrected chi connectivity index (χ4v) is 12.1. The molecule has 0 spiro atoms. The molecule has 0 unspecified atom stereocenters. The van der Waals surface area contributed by atoms with Gasteiger partial charge in [-0.15, -0.1) is 0 Å². The van der Waals surface area contributed by atoms with Crippen LogP contribution in [0.25, 0.3) is 0 Å². The van der Waals surface area contributed by atoms with Gasteiger partial charge in [0, 0.05) is 0 Å². The largest absolute Gasteiger partial charge is 4.00 e. The standard InChI is InChI=1S/Mo.4HO4PS2/c;4*1-5(2)3-6-7-4-5/h;4*(H,1,2)/q+4;;;;/p-4. The van der Waals surface area contributed by atoms with Gasteiger partial charge in [0.2, 0.25) is 0 Å². The second-order valence-corrected chi connectivity index (χ2v) is 15.6. The summed E-state index contributed by atoms with van der Waals surface area (Å²) in [6.07, 6.45) is 0. The molecule has 4 rings (SSSR count). The summed E-state index contributed by atoms with van der Waals surface area (Å²) in [4.78, 5) is 39.9. The molecule has 29 heavy (non-hydrogen) atoms. The van der Waals surface area contributed by atoms with Crippen LogP contribution in [0.4, 0.5) is 0 Å². The maximum atomic E-state index is 9.97. The average molecular weight is 732 g/mol. The molecule has 4 aliphatic heterocycles.